The molecule has 0 aromatic heterocycles. The monoisotopic (exact) mass is 376 g/mol. The summed E-state index contributed by atoms with van der Waals surface area (Å²) in [6.45, 7) is 3.91. The number of alkyl carbamates (subject to hydrolysis) is 1. The fraction of sp³-hybridized carbons (Fsp3) is 0.217. The number of benzene rings is 3. The smallest absolute Gasteiger partial charge is 0.408 e. The van der Waals surface area contributed by atoms with Crippen molar-refractivity contribution in [3.8, 4) is 0 Å². The van der Waals surface area contributed by atoms with E-state index in [1.807, 2.05) is 86.6 Å². The highest BCUT2D eigenvalue weighted by Gasteiger charge is 2.25. The van der Waals surface area contributed by atoms with E-state index in [1.54, 1.807) is 0 Å². The Bertz CT molecular complexity index is 954. The zero-order valence-corrected chi connectivity index (χ0v) is 16.0. The van der Waals surface area contributed by atoms with Gasteiger partial charge < -0.3 is 15.4 Å². The molecule has 1 atom stereocenters. The van der Waals surface area contributed by atoms with E-state index in [0.29, 0.717) is 5.69 Å². The Morgan fingerprint density at radius 3 is 2.29 bits per heavy atom. The third-order valence-electron chi connectivity index (χ3n) is 4.45. The van der Waals surface area contributed by atoms with Crippen LogP contribution in [0.4, 0.5) is 10.5 Å². The number of carbonyl (C=O) groups excluding carboxylic acids is 2. The summed E-state index contributed by atoms with van der Waals surface area (Å²) >= 11 is 0. The lowest BCUT2D eigenvalue weighted by atomic mass is 10.0. The van der Waals surface area contributed by atoms with Crippen LogP contribution in [0.1, 0.15) is 19.4 Å². The van der Waals surface area contributed by atoms with Crippen molar-refractivity contribution in [3.63, 3.8) is 0 Å². The summed E-state index contributed by atoms with van der Waals surface area (Å²) in [5.74, 6) is -0.369. The van der Waals surface area contributed by atoms with E-state index in [9.17, 15) is 9.59 Å². The van der Waals surface area contributed by atoms with Crippen molar-refractivity contribution in [2.45, 2.75) is 26.5 Å². The zero-order chi connectivity index (χ0) is 19.9. The molecule has 0 radical (unpaired) electrons. The number of fused-ring (bicyclic) bond motifs is 1. The van der Waals surface area contributed by atoms with Gasteiger partial charge in [0.25, 0.3) is 0 Å². The van der Waals surface area contributed by atoms with Crippen molar-refractivity contribution in [1.82, 2.24) is 5.32 Å². The van der Waals surface area contributed by atoms with E-state index >= 15 is 0 Å². The Morgan fingerprint density at radius 1 is 0.893 bits per heavy atom. The molecule has 0 bridgehead atoms. The van der Waals surface area contributed by atoms with Crippen molar-refractivity contribution in [2.75, 3.05) is 5.32 Å². The molecule has 3 aromatic carbocycles. The molecular formula is C23H24N2O3. The second-order valence-corrected chi connectivity index (χ2v) is 6.98. The maximum atomic E-state index is 12.7. The van der Waals surface area contributed by atoms with Gasteiger partial charge in [0, 0.05) is 5.69 Å². The molecule has 0 unspecified atom stereocenters. The number of carbonyl (C=O) groups is 2. The van der Waals surface area contributed by atoms with Gasteiger partial charge in [0.1, 0.15) is 12.6 Å². The largest absolute Gasteiger partial charge is 0.445 e. The van der Waals surface area contributed by atoms with Gasteiger partial charge >= 0.3 is 6.09 Å². The van der Waals surface area contributed by atoms with Crippen LogP contribution in [0.3, 0.4) is 0 Å². The van der Waals surface area contributed by atoms with Crippen molar-refractivity contribution < 1.29 is 14.3 Å². The normalized spacial score (nSPS) is 11.8. The van der Waals surface area contributed by atoms with Crippen LogP contribution in [-0.2, 0) is 16.1 Å². The molecule has 144 valence electrons. The summed E-state index contributed by atoms with van der Waals surface area (Å²) in [5.41, 5.74) is 1.58. The maximum absolute atomic E-state index is 12.7. The van der Waals surface area contributed by atoms with Gasteiger partial charge in [-0.25, -0.2) is 4.79 Å². The van der Waals surface area contributed by atoms with Crippen molar-refractivity contribution >= 4 is 28.5 Å². The SMILES string of the molecule is CC(C)[C@H](NC(=O)OCc1ccccc1)C(=O)Nc1ccc2ccccc2c1. The van der Waals surface area contributed by atoms with Crippen molar-refractivity contribution in [2.24, 2.45) is 5.92 Å². The molecule has 0 aliphatic heterocycles. The standard InChI is InChI=1S/C23H24N2O3/c1-16(2)21(25-23(27)28-15-17-8-4-3-5-9-17)22(26)24-20-13-12-18-10-6-7-11-19(18)14-20/h3-14,16,21H,15H2,1-2H3,(H,24,26)(H,25,27)/t21-/m0/s1. The predicted molar refractivity (Wildman–Crippen MR) is 111 cm³/mol. The van der Waals surface area contributed by atoms with Gasteiger partial charge in [-0.1, -0.05) is 74.5 Å². The molecule has 0 heterocycles. The van der Waals surface area contributed by atoms with Crippen LogP contribution >= 0.6 is 0 Å². The first-order chi connectivity index (χ1) is 13.5. The van der Waals surface area contributed by atoms with Crippen LogP contribution in [0.15, 0.2) is 72.8 Å². The van der Waals surface area contributed by atoms with E-state index in [4.69, 9.17) is 4.74 Å². The first-order valence-corrected chi connectivity index (χ1v) is 9.30. The van der Waals surface area contributed by atoms with Gasteiger partial charge in [0.2, 0.25) is 5.91 Å². The van der Waals surface area contributed by atoms with E-state index in [2.05, 4.69) is 10.6 Å². The van der Waals surface area contributed by atoms with Crippen LogP contribution in [0.2, 0.25) is 0 Å². The van der Waals surface area contributed by atoms with Gasteiger partial charge in [-0.05, 0) is 34.4 Å². The second-order valence-electron chi connectivity index (χ2n) is 6.98. The molecule has 0 aliphatic rings. The number of ether oxygens (including phenoxy) is 1. The number of rotatable bonds is 6. The van der Waals surface area contributed by atoms with Gasteiger partial charge in [0.15, 0.2) is 0 Å². The van der Waals surface area contributed by atoms with Crippen LogP contribution in [0.25, 0.3) is 10.8 Å². The molecule has 3 rings (SSSR count). The minimum atomic E-state index is -0.699. The van der Waals surface area contributed by atoms with Gasteiger partial charge in [-0.2, -0.15) is 0 Å². The molecule has 5 heteroatoms. The summed E-state index contributed by atoms with van der Waals surface area (Å²) in [4.78, 5) is 24.9. The lowest BCUT2D eigenvalue weighted by Gasteiger charge is -2.21. The lowest BCUT2D eigenvalue weighted by molar-refractivity contribution is -0.119. The predicted octanol–water partition coefficient (Wildman–Crippen LogP) is 4.73. The summed E-state index contributed by atoms with van der Waals surface area (Å²) < 4.78 is 5.24. The average Bonchev–Trinajstić information content (AvgIpc) is 2.71. The molecule has 0 saturated heterocycles. The zero-order valence-electron chi connectivity index (χ0n) is 16.0. The van der Waals surface area contributed by atoms with Gasteiger partial charge in [-0.3, -0.25) is 4.79 Å². The first-order valence-electron chi connectivity index (χ1n) is 9.30. The number of anilines is 1. The summed E-state index contributed by atoms with van der Waals surface area (Å²) in [6, 6.07) is 22.4. The van der Waals surface area contributed by atoms with Crippen LogP contribution in [0, 0.1) is 5.92 Å². The highest BCUT2D eigenvalue weighted by Crippen LogP contribution is 2.19. The molecule has 28 heavy (non-hydrogen) atoms. The molecule has 0 saturated carbocycles. The summed E-state index contributed by atoms with van der Waals surface area (Å²) in [5, 5.41) is 7.70. The topological polar surface area (TPSA) is 67.4 Å². The minimum Gasteiger partial charge on any atom is -0.445 e. The van der Waals surface area contributed by atoms with E-state index in [0.717, 1.165) is 16.3 Å². The fourth-order valence-corrected chi connectivity index (χ4v) is 2.91. The Balaban J connectivity index is 1.61. The minimum absolute atomic E-state index is 0.0928. The third-order valence-corrected chi connectivity index (χ3v) is 4.45. The Labute approximate surface area is 164 Å². The third kappa shape index (κ3) is 5.10. The molecule has 0 aliphatic carbocycles. The first kappa shape index (κ1) is 19.4. The molecule has 2 N–H and O–H groups in total. The summed E-state index contributed by atoms with van der Waals surface area (Å²) in [7, 11) is 0. The van der Waals surface area contributed by atoms with E-state index in [-0.39, 0.29) is 18.4 Å². The van der Waals surface area contributed by atoms with Gasteiger partial charge in [-0.15, -0.1) is 0 Å². The Hall–Kier alpha value is -3.34. The van der Waals surface area contributed by atoms with Crippen LogP contribution in [-0.4, -0.2) is 18.0 Å². The van der Waals surface area contributed by atoms with Crippen molar-refractivity contribution in [1.29, 1.82) is 0 Å². The lowest BCUT2D eigenvalue weighted by Crippen LogP contribution is -2.47. The molecule has 3 aromatic rings. The van der Waals surface area contributed by atoms with Crippen molar-refractivity contribution in [3.05, 3.63) is 78.4 Å². The van der Waals surface area contributed by atoms with E-state index in [1.165, 1.54) is 0 Å². The Morgan fingerprint density at radius 2 is 1.57 bits per heavy atom. The molecule has 0 spiro atoms. The average molecular weight is 376 g/mol. The van der Waals surface area contributed by atoms with E-state index < -0.39 is 12.1 Å². The fourth-order valence-electron chi connectivity index (χ4n) is 2.91. The molecule has 0 fully saturated rings. The van der Waals surface area contributed by atoms with Crippen LogP contribution in [0.5, 0.6) is 0 Å². The highest BCUT2D eigenvalue weighted by molar-refractivity contribution is 5.98. The van der Waals surface area contributed by atoms with Gasteiger partial charge in [0.05, 0.1) is 0 Å². The summed E-state index contributed by atoms with van der Waals surface area (Å²) in [6.07, 6.45) is -0.615. The number of nitrogens with one attached hydrogen (secondary N) is 2. The molecule has 2 amide bonds. The molecule has 5 nitrogen and oxygen atoms in total. The molecular weight excluding hydrogens is 352 g/mol. The number of amides is 2. The second kappa shape index (κ2) is 9.04. The number of hydrogen-bond acceptors (Lipinski definition) is 3. The number of hydrogen-bond donors (Lipinski definition) is 2. The van der Waals surface area contributed by atoms with Crippen LogP contribution < -0.4 is 10.6 Å². The highest BCUT2D eigenvalue weighted by atomic mass is 16.5. The quantitative estimate of drug-likeness (QED) is 0.654. The maximum Gasteiger partial charge on any atom is 0.408 e. The Kier molecular flexibility index (Phi) is 6.27.